The lowest BCUT2D eigenvalue weighted by molar-refractivity contribution is 0.566. The number of rotatable bonds is 6. The monoisotopic (exact) mass is 373 g/mol. The van der Waals surface area contributed by atoms with Gasteiger partial charge >= 0.3 is 0 Å². The van der Waals surface area contributed by atoms with Crippen LogP contribution in [0, 0.1) is 11.6 Å². The zero-order chi connectivity index (χ0) is 19.6. The summed E-state index contributed by atoms with van der Waals surface area (Å²) in [5.41, 5.74) is 7.08. The van der Waals surface area contributed by atoms with Gasteiger partial charge in [0.25, 0.3) is 0 Å². The minimum atomic E-state index is -0.631. The van der Waals surface area contributed by atoms with Crippen molar-refractivity contribution in [1.29, 1.82) is 0 Å². The number of nitrogens with one attached hydrogen (secondary N) is 3. The molecule has 1 aromatic carbocycles. The highest BCUT2D eigenvalue weighted by atomic mass is 19.1. The molecule has 0 radical (unpaired) electrons. The first-order valence-electron chi connectivity index (χ1n) is 8.50. The zero-order valence-electron chi connectivity index (χ0n) is 15.2. The maximum Gasteiger partial charge on any atom is 0.223 e. The highest BCUT2D eigenvalue weighted by Crippen LogP contribution is 2.24. The normalized spacial score (nSPS) is 12.2. The molecule has 7 nitrogen and oxygen atoms in total. The maximum atomic E-state index is 14.0. The van der Waals surface area contributed by atoms with Crippen LogP contribution in [0.25, 0.3) is 0 Å². The molecule has 0 aliphatic heterocycles. The number of nitrogens with zero attached hydrogens (tertiary/aromatic N) is 3. The molecule has 0 amide bonds. The van der Waals surface area contributed by atoms with Crippen molar-refractivity contribution in [1.82, 2.24) is 20.2 Å². The summed E-state index contributed by atoms with van der Waals surface area (Å²) in [7, 11) is 0. The topological polar surface area (TPSA) is 105 Å². The van der Waals surface area contributed by atoms with Gasteiger partial charge in [-0.25, -0.2) is 8.78 Å². The molecule has 3 aromatic rings. The van der Waals surface area contributed by atoms with E-state index in [2.05, 4.69) is 44.6 Å². The first kappa shape index (κ1) is 18.6. The summed E-state index contributed by atoms with van der Waals surface area (Å²) in [6, 6.07) is 6.51. The van der Waals surface area contributed by atoms with Crippen LogP contribution in [-0.4, -0.2) is 20.2 Å². The van der Waals surface area contributed by atoms with Gasteiger partial charge in [0.05, 0.1) is 6.04 Å². The van der Waals surface area contributed by atoms with Crippen molar-refractivity contribution in [2.75, 3.05) is 16.4 Å². The Labute approximate surface area is 155 Å². The summed E-state index contributed by atoms with van der Waals surface area (Å²) >= 11 is 0. The number of benzene rings is 1. The fourth-order valence-corrected chi connectivity index (χ4v) is 2.58. The van der Waals surface area contributed by atoms with Crippen LogP contribution < -0.4 is 16.4 Å². The molecule has 9 heteroatoms. The number of nitrogen functional groups attached to an aromatic ring is 1. The Hall–Kier alpha value is -3.23. The zero-order valence-corrected chi connectivity index (χ0v) is 15.2. The van der Waals surface area contributed by atoms with Crippen LogP contribution in [0.3, 0.4) is 0 Å². The predicted molar refractivity (Wildman–Crippen MR) is 101 cm³/mol. The third-order valence-corrected chi connectivity index (χ3v) is 4.01. The Morgan fingerprint density at radius 1 is 1.00 bits per heavy atom. The van der Waals surface area contributed by atoms with E-state index < -0.39 is 17.7 Å². The molecule has 2 heterocycles. The quantitative estimate of drug-likeness (QED) is 0.518. The van der Waals surface area contributed by atoms with Gasteiger partial charge in [-0.3, -0.25) is 5.10 Å². The van der Waals surface area contributed by atoms with E-state index in [0.29, 0.717) is 28.9 Å². The third kappa shape index (κ3) is 4.49. The van der Waals surface area contributed by atoms with Gasteiger partial charge in [-0.1, -0.05) is 19.9 Å². The van der Waals surface area contributed by atoms with Crippen molar-refractivity contribution in [3.05, 3.63) is 53.2 Å². The molecule has 1 unspecified atom stereocenters. The van der Waals surface area contributed by atoms with Crippen molar-refractivity contribution in [3.8, 4) is 0 Å². The van der Waals surface area contributed by atoms with E-state index >= 15 is 0 Å². The molecule has 0 fully saturated rings. The second-order valence-electron chi connectivity index (χ2n) is 6.52. The summed E-state index contributed by atoms with van der Waals surface area (Å²) < 4.78 is 27.0. The third-order valence-electron chi connectivity index (χ3n) is 4.01. The molecule has 0 saturated carbocycles. The molecule has 2 aromatic heterocycles. The summed E-state index contributed by atoms with van der Waals surface area (Å²) in [6.07, 6.45) is 0. The van der Waals surface area contributed by atoms with Gasteiger partial charge in [0, 0.05) is 29.5 Å². The SMILES string of the molecule is CC(C)c1cc(Nc2cc(NC(C)c3ccc(F)cc3F)nc(N)n2)n[nH]1. The molecular weight excluding hydrogens is 352 g/mol. The highest BCUT2D eigenvalue weighted by molar-refractivity contribution is 5.58. The fraction of sp³-hybridized carbons (Fsp3) is 0.278. The minimum Gasteiger partial charge on any atom is -0.368 e. The molecule has 0 bridgehead atoms. The predicted octanol–water partition coefficient (Wildman–Crippen LogP) is 4.10. The van der Waals surface area contributed by atoms with Gasteiger partial charge in [-0.15, -0.1) is 0 Å². The number of hydrogen-bond donors (Lipinski definition) is 4. The summed E-state index contributed by atoms with van der Waals surface area (Å²) in [4.78, 5) is 8.24. The second kappa shape index (κ2) is 7.56. The Bertz CT molecular complexity index is 939. The Morgan fingerprint density at radius 3 is 2.41 bits per heavy atom. The molecular formula is C18H21F2N7. The van der Waals surface area contributed by atoms with Gasteiger partial charge in [-0.2, -0.15) is 15.1 Å². The molecule has 0 saturated heterocycles. The largest absolute Gasteiger partial charge is 0.368 e. The van der Waals surface area contributed by atoms with Crippen LogP contribution in [-0.2, 0) is 0 Å². The minimum absolute atomic E-state index is 0.0499. The van der Waals surface area contributed by atoms with Crippen molar-refractivity contribution in [2.45, 2.75) is 32.7 Å². The molecule has 0 aliphatic rings. The first-order chi connectivity index (χ1) is 12.8. The van der Waals surface area contributed by atoms with Gasteiger partial charge < -0.3 is 16.4 Å². The van der Waals surface area contributed by atoms with Crippen molar-refractivity contribution in [2.24, 2.45) is 0 Å². The average molecular weight is 373 g/mol. The number of halogens is 2. The highest BCUT2D eigenvalue weighted by Gasteiger charge is 2.14. The average Bonchev–Trinajstić information content (AvgIpc) is 3.02. The number of nitrogens with two attached hydrogens (primary N) is 1. The summed E-state index contributed by atoms with van der Waals surface area (Å²) in [5.74, 6) is 0.551. The van der Waals surface area contributed by atoms with Crippen LogP contribution in [0.2, 0.25) is 0 Å². The molecule has 0 spiro atoms. The lowest BCUT2D eigenvalue weighted by Crippen LogP contribution is -2.12. The van der Waals surface area contributed by atoms with Crippen molar-refractivity contribution >= 4 is 23.4 Å². The van der Waals surface area contributed by atoms with Crippen LogP contribution in [0.4, 0.5) is 32.2 Å². The van der Waals surface area contributed by atoms with Gasteiger partial charge in [0.1, 0.15) is 23.3 Å². The second-order valence-corrected chi connectivity index (χ2v) is 6.52. The van der Waals surface area contributed by atoms with Crippen LogP contribution in [0.1, 0.15) is 44.0 Å². The smallest absolute Gasteiger partial charge is 0.223 e. The van der Waals surface area contributed by atoms with E-state index in [9.17, 15) is 8.78 Å². The number of hydrogen-bond acceptors (Lipinski definition) is 6. The fourth-order valence-electron chi connectivity index (χ4n) is 2.58. The van der Waals surface area contributed by atoms with E-state index in [1.54, 1.807) is 13.0 Å². The van der Waals surface area contributed by atoms with Gasteiger partial charge in [-0.05, 0) is 18.9 Å². The van der Waals surface area contributed by atoms with Crippen LogP contribution >= 0.6 is 0 Å². The van der Waals surface area contributed by atoms with E-state index in [0.717, 1.165) is 11.8 Å². The van der Waals surface area contributed by atoms with Gasteiger partial charge in [0.15, 0.2) is 5.82 Å². The summed E-state index contributed by atoms with van der Waals surface area (Å²) in [5, 5.41) is 13.2. The molecule has 1 atom stereocenters. The molecule has 0 aliphatic carbocycles. The number of anilines is 4. The molecule has 5 N–H and O–H groups in total. The molecule has 27 heavy (non-hydrogen) atoms. The van der Waals surface area contributed by atoms with Crippen molar-refractivity contribution in [3.63, 3.8) is 0 Å². The van der Waals surface area contributed by atoms with E-state index in [1.165, 1.54) is 12.1 Å². The Kier molecular flexibility index (Phi) is 5.20. The number of H-pyrrole nitrogens is 1. The van der Waals surface area contributed by atoms with Crippen LogP contribution in [0.5, 0.6) is 0 Å². The van der Waals surface area contributed by atoms with E-state index in [4.69, 9.17) is 5.73 Å². The number of aromatic nitrogens is 4. The van der Waals surface area contributed by atoms with E-state index in [-0.39, 0.29) is 5.95 Å². The molecule has 3 rings (SSSR count). The van der Waals surface area contributed by atoms with Gasteiger partial charge in [0.2, 0.25) is 5.95 Å². The Balaban J connectivity index is 1.78. The summed E-state index contributed by atoms with van der Waals surface area (Å²) in [6.45, 7) is 5.85. The number of aromatic amines is 1. The van der Waals surface area contributed by atoms with E-state index in [1.807, 2.05) is 6.07 Å². The first-order valence-corrected chi connectivity index (χ1v) is 8.50. The lowest BCUT2D eigenvalue weighted by Gasteiger charge is -2.16. The molecule has 142 valence electrons. The maximum absolute atomic E-state index is 14.0. The van der Waals surface area contributed by atoms with Crippen molar-refractivity contribution < 1.29 is 8.78 Å². The lowest BCUT2D eigenvalue weighted by atomic mass is 10.1. The Morgan fingerprint density at radius 2 is 1.74 bits per heavy atom. The standard InChI is InChI=1S/C18H21F2N7/c1-9(2)14-7-17(27-26-14)23-16-8-15(24-18(21)25-16)22-10(3)12-5-4-11(19)6-13(12)20/h4-10H,1-3H3,(H5,21,22,23,24,25,26,27). The van der Waals surface area contributed by atoms with Crippen LogP contribution in [0.15, 0.2) is 30.3 Å².